The monoisotopic (exact) mass is 366 g/mol. The number of hydrogen-bond donors (Lipinski definition) is 0. The molecule has 0 fully saturated rings. The fourth-order valence-corrected chi connectivity index (χ4v) is 1.88. The van der Waals surface area contributed by atoms with Crippen LogP contribution in [0.15, 0.2) is 0 Å². The first kappa shape index (κ1) is 11.5. The van der Waals surface area contributed by atoms with Crippen LogP contribution in [0.3, 0.4) is 0 Å². The van der Waals surface area contributed by atoms with E-state index >= 15 is 0 Å². The van der Waals surface area contributed by atoms with Crippen molar-refractivity contribution in [2.24, 2.45) is 5.92 Å². The zero-order valence-electron chi connectivity index (χ0n) is 6.58. The molecule has 0 rings (SSSR count). The molecule has 0 aromatic heterocycles. The summed E-state index contributed by atoms with van der Waals surface area (Å²) < 4.78 is 2.65. The van der Waals surface area contributed by atoms with Crippen LogP contribution >= 0.6 is 45.2 Å². The van der Waals surface area contributed by atoms with E-state index in [2.05, 4.69) is 52.1 Å². The van der Waals surface area contributed by atoms with Gasteiger partial charge in [0.05, 0.1) is 0 Å². The molecule has 0 aromatic carbocycles. The zero-order valence-corrected chi connectivity index (χ0v) is 10.9. The van der Waals surface area contributed by atoms with Gasteiger partial charge in [-0.1, -0.05) is 52.1 Å². The van der Waals surface area contributed by atoms with Gasteiger partial charge in [-0.2, -0.15) is 0 Å². The van der Waals surface area contributed by atoms with E-state index in [9.17, 15) is 0 Å². The van der Waals surface area contributed by atoms with Crippen LogP contribution in [0.5, 0.6) is 0 Å². The van der Waals surface area contributed by atoms with E-state index in [1.54, 1.807) is 0 Å². The van der Waals surface area contributed by atoms with Crippen LogP contribution in [-0.2, 0) is 0 Å². The lowest BCUT2D eigenvalue weighted by Crippen LogP contribution is -1.95. The summed E-state index contributed by atoms with van der Waals surface area (Å²) in [6.45, 7) is 2.37. The Hall–Kier alpha value is 1.46. The molecule has 0 aliphatic rings. The highest BCUT2D eigenvalue weighted by Crippen LogP contribution is 2.13. The van der Waals surface area contributed by atoms with Crippen LogP contribution in [0, 0.1) is 5.92 Å². The molecule has 0 spiro atoms. The van der Waals surface area contributed by atoms with E-state index in [-0.39, 0.29) is 0 Å². The first-order valence-corrected chi connectivity index (χ1v) is 6.98. The van der Waals surface area contributed by atoms with Crippen LogP contribution in [0.4, 0.5) is 0 Å². The largest absolute Gasteiger partial charge is 0.0864 e. The van der Waals surface area contributed by atoms with Gasteiger partial charge in [0.15, 0.2) is 0 Å². The summed E-state index contributed by atoms with van der Waals surface area (Å²) in [4.78, 5) is 0. The molecule has 0 radical (unpaired) electrons. The van der Waals surface area contributed by atoms with E-state index in [1.807, 2.05) is 0 Å². The Kier molecular flexibility index (Phi) is 9.80. The highest BCUT2D eigenvalue weighted by atomic mass is 127. The van der Waals surface area contributed by atoms with Gasteiger partial charge >= 0.3 is 0 Å². The molecule has 0 aliphatic heterocycles. The minimum atomic E-state index is 0.963. The van der Waals surface area contributed by atoms with Crippen LogP contribution in [0.1, 0.15) is 32.6 Å². The predicted molar refractivity (Wildman–Crippen MR) is 65.4 cm³/mol. The lowest BCUT2D eigenvalue weighted by molar-refractivity contribution is 0.486. The van der Waals surface area contributed by atoms with Gasteiger partial charge in [0.1, 0.15) is 0 Å². The van der Waals surface area contributed by atoms with Crippen molar-refractivity contribution >= 4 is 45.2 Å². The van der Waals surface area contributed by atoms with Crippen molar-refractivity contribution in [1.29, 1.82) is 0 Å². The Labute approximate surface area is 91.8 Å². The average Bonchev–Trinajstić information content (AvgIpc) is 1.97. The third kappa shape index (κ3) is 7.57. The summed E-state index contributed by atoms with van der Waals surface area (Å²) in [6.07, 6.45) is 5.67. The molecule has 0 aliphatic carbocycles. The van der Waals surface area contributed by atoms with Crippen molar-refractivity contribution in [3.8, 4) is 0 Å². The summed E-state index contributed by atoms with van der Waals surface area (Å²) >= 11 is 4.91. The minimum Gasteiger partial charge on any atom is -0.0864 e. The van der Waals surface area contributed by atoms with Crippen LogP contribution in [0.25, 0.3) is 0 Å². The smallest absolute Gasteiger partial charge is 0.000463 e. The summed E-state index contributed by atoms with van der Waals surface area (Å²) in [5, 5.41) is 0. The minimum absolute atomic E-state index is 0.963. The second-order valence-corrected chi connectivity index (χ2v) is 4.93. The highest BCUT2D eigenvalue weighted by molar-refractivity contribution is 14.1. The number of hydrogen-bond acceptors (Lipinski definition) is 0. The Morgan fingerprint density at radius 1 is 1.00 bits per heavy atom. The number of rotatable bonds is 6. The quantitative estimate of drug-likeness (QED) is 0.492. The van der Waals surface area contributed by atoms with Gasteiger partial charge in [-0.3, -0.25) is 0 Å². The van der Waals surface area contributed by atoms with Crippen molar-refractivity contribution in [2.75, 3.05) is 8.86 Å². The van der Waals surface area contributed by atoms with Gasteiger partial charge in [0.25, 0.3) is 0 Å². The molecule has 0 N–H and O–H groups in total. The van der Waals surface area contributed by atoms with Crippen LogP contribution < -0.4 is 0 Å². The van der Waals surface area contributed by atoms with E-state index in [4.69, 9.17) is 0 Å². The van der Waals surface area contributed by atoms with Gasteiger partial charge < -0.3 is 0 Å². The third-order valence-corrected chi connectivity index (χ3v) is 3.19. The molecule has 0 aromatic rings. The summed E-state index contributed by atoms with van der Waals surface area (Å²) in [5.41, 5.74) is 0. The van der Waals surface area contributed by atoms with E-state index in [1.165, 1.54) is 34.5 Å². The van der Waals surface area contributed by atoms with Gasteiger partial charge in [0, 0.05) is 0 Å². The van der Waals surface area contributed by atoms with Gasteiger partial charge in [-0.05, 0) is 40.5 Å². The molecule has 0 nitrogen and oxygen atoms in total. The lowest BCUT2D eigenvalue weighted by Gasteiger charge is -2.07. The van der Waals surface area contributed by atoms with Crippen LogP contribution in [0.2, 0.25) is 0 Å². The Bertz CT molecular complexity index is 56.3. The molecule has 2 heteroatoms. The molecule has 10 heavy (non-hydrogen) atoms. The van der Waals surface area contributed by atoms with Crippen LogP contribution in [-0.4, -0.2) is 8.86 Å². The summed E-state index contributed by atoms with van der Waals surface area (Å²) in [7, 11) is 0. The topological polar surface area (TPSA) is 0 Å². The maximum Gasteiger partial charge on any atom is -0.000463 e. The maximum absolute atomic E-state index is 2.46. The van der Waals surface area contributed by atoms with Crippen molar-refractivity contribution in [1.82, 2.24) is 0 Å². The lowest BCUT2D eigenvalue weighted by atomic mass is 10.0. The predicted octanol–water partition coefficient (Wildman–Crippen LogP) is 4.05. The molecular formula is C8H16I2. The van der Waals surface area contributed by atoms with E-state index in [0.29, 0.717) is 0 Å². The SMILES string of the molecule is CC(CCCI)CCCI. The van der Waals surface area contributed by atoms with E-state index in [0.717, 1.165) is 5.92 Å². The molecule has 0 heterocycles. The number of alkyl halides is 2. The molecule has 0 bridgehead atoms. The molecule has 62 valence electrons. The Balaban J connectivity index is 3.00. The normalized spacial score (nSPS) is 10.8. The highest BCUT2D eigenvalue weighted by Gasteiger charge is 1.99. The number of halogens is 2. The van der Waals surface area contributed by atoms with Gasteiger partial charge in [-0.15, -0.1) is 0 Å². The molecule has 0 saturated heterocycles. The van der Waals surface area contributed by atoms with Crippen molar-refractivity contribution in [3.63, 3.8) is 0 Å². The summed E-state index contributed by atoms with van der Waals surface area (Å²) in [6, 6.07) is 0. The molecule has 0 saturated carbocycles. The third-order valence-electron chi connectivity index (χ3n) is 1.66. The zero-order chi connectivity index (χ0) is 7.82. The maximum atomic E-state index is 2.46. The van der Waals surface area contributed by atoms with E-state index < -0.39 is 0 Å². The molecule has 0 amide bonds. The molecule has 0 atom stereocenters. The van der Waals surface area contributed by atoms with Crippen molar-refractivity contribution < 1.29 is 0 Å². The average molecular weight is 366 g/mol. The molecule has 0 unspecified atom stereocenters. The van der Waals surface area contributed by atoms with Crippen molar-refractivity contribution in [2.45, 2.75) is 32.6 Å². The fourth-order valence-electron chi connectivity index (χ4n) is 0.996. The fraction of sp³-hybridized carbons (Fsp3) is 1.00. The molecular weight excluding hydrogens is 350 g/mol. The van der Waals surface area contributed by atoms with Gasteiger partial charge in [0.2, 0.25) is 0 Å². The second kappa shape index (κ2) is 8.56. The second-order valence-electron chi connectivity index (χ2n) is 2.77. The first-order chi connectivity index (χ1) is 4.81. The first-order valence-electron chi connectivity index (χ1n) is 3.93. The summed E-state index contributed by atoms with van der Waals surface area (Å²) in [5.74, 6) is 0.963. The standard InChI is InChI=1S/C8H16I2/c1-8(4-2-6-9)5-3-7-10/h8H,2-7H2,1H3. The van der Waals surface area contributed by atoms with Gasteiger partial charge in [-0.25, -0.2) is 0 Å². The Morgan fingerprint density at radius 2 is 1.40 bits per heavy atom. The van der Waals surface area contributed by atoms with Crippen molar-refractivity contribution in [3.05, 3.63) is 0 Å². The Morgan fingerprint density at radius 3 is 1.70 bits per heavy atom.